The molecule has 55 heavy (non-hydrogen) atoms. The minimum absolute atomic E-state index is 0.271. The van der Waals surface area contributed by atoms with E-state index in [1.54, 1.807) is 4.90 Å². The second-order valence-electron chi connectivity index (χ2n) is 15.0. The molecule has 0 fully saturated rings. The molecule has 0 saturated carbocycles. The lowest BCUT2D eigenvalue weighted by Gasteiger charge is -2.27. The summed E-state index contributed by atoms with van der Waals surface area (Å²) in [5, 5.41) is 13.7. The molecular weight excluding hydrogens is 735 g/mol. The van der Waals surface area contributed by atoms with E-state index in [1.165, 1.54) is 16.8 Å². The van der Waals surface area contributed by atoms with Crippen molar-refractivity contribution in [1.29, 1.82) is 0 Å². The van der Waals surface area contributed by atoms with E-state index >= 15 is 0 Å². The summed E-state index contributed by atoms with van der Waals surface area (Å²) in [4.78, 5) is 16.9. The minimum Gasteiger partial charge on any atom is -0.748 e. The summed E-state index contributed by atoms with van der Waals surface area (Å²) in [7, 11) is -4.28. The van der Waals surface area contributed by atoms with E-state index in [9.17, 15) is 23.0 Å². The molecule has 2 aromatic rings. The highest BCUT2D eigenvalue weighted by Gasteiger charge is 2.44. The van der Waals surface area contributed by atoms with Crippen LogP contribution in [0.3, 0.4) is 0 Å². The maximum Gasteiger partial charge on any atom is 0.218 e. The third-order valence-corrected chi connectivity index (χ3v) is 12.1. The number of unbranched alkanes of at least 4 members (excludes halogenated alkanes) is 2. The summed E-state index contributed by atoms with van der Waals surface area (Å²) in [6, 6.07) is 16.7. The van der Waals surface area contributed by atoms with Gasteiger partial charge in [-0.2, -0.15) is 8.91 Å². The van der Waals surface area contributed by atoms with Gasteiger partial charge in [0.15, 0.2) is 5.71 Å². The number of nitrogens with zero attached hydrogens (tertiary/aromatic N) is 3. The quantitative estimate of drug-likeness (QED) is 0.0205. The Morgan fingerprint density at radius 2 is 1.71 bits per heavy atom. The smallest absolute Gasteiger partial charge is 0.218 e. The highest BCUT2D eigenvalue weighted by Crippen LogP contribution is 2.48. The molecule has 1 aliphatic carbocycles. The van der Waals surface area contributed by atoms with Gasteiger partial charge in [0.05, 0.1) is 21.2 Å². The van der Waals surface area contributed by atoms with E-state index in [4.69, 9.17) is 0 Å². The number of rotatable bonds is 19. The van der Waals surface area contributed by atoms with Crippen LogP contribution in [0.15, 0.2) is 120 Å². The predicted octanol–water partition coefficient (Wildman–Crippen LogP) is 7.80. The normalized spacial score (nSPS) is 19.1. The molecule has 0 N–H and O–H groups in total. The van der Waals surface area contributed by atoms with Crippen molar-refractivity contribution < 1.29 is 37.0 Å². The fourth-order valence-electron chi connectivity index (χ4n) is 8.04. The van der Waals surface area contributed by atoms with Crippen LogP contribution in [0.4, 0.5) is 11.4 Å². The lowest BCUT2D eigenvalue weighted by molar-refractivity contribution is -0.777. The topological polar surface area (TPSA) is 125 Å². The SMILES string of the molecule is C=C(/C=C\C)N(C=O)C1=C(/C=C/C2=[N+](CCCCS(=O)(=O)[O-])c3ccccc3C2(C)C)CC/C1=C\C=C1\N(CCCCSOO[O-])c2ccccc2C1(C)C. The molecule has 2 aliphatic heterocycles. The predicted molar refractivity (Wildman–Crippen MR) is 217 cm³/mol. The molecule has 294 valence electrons. The van der Waals surface area contributed by atoms with Gasteiger partial charge in [-0.25, -0.2) is 8.42 Å². The zero-order valence-electron chi connectivity index (χ0n) is 32.5. The van der Waals surface area contributed by atoms with Crippen LogP contribution < -0.4 is 10.2 Å². The first kappa shape index (κ1) is 42.1. The largest absolute Gasteiger partial charge is 0.748 e. The second kappa shape index (κ2) is 18.3. The van der Waals surface area contributed by atoms with E-state index in [0.29, 0.717) is 24.4 Å². The molecule has 2 heterocycles. The number of hydrogen-bond acceptors (Lipinski definition) is 9. The Bertz CT molecular complexity index is 2060. The number of allylic oxidation sites excluding steroid dienone is 9. The van der Waals surface area contributed by atoms with Crippen LogP contribution in [-0.4, -0.2) is 59.2 Å². The molecule has 2 aromatic carbocycles. The maximum atomic E-state index is 12.9. The third-order valence-electron chi connectivity index (χ3n) is 10.7. The van der Waals surface area contributed by atoms with E-state index in [-0.39, 0.29) is 23.0 Å². The number of carbonyl (C=O) groups excluding carboxylic acids is 1. The van der Waals surface area contributed by atoms with Gasteiger partial charge in [0, 0.05) is 76.7 Å². The number of carbonyl (C=O) groups is 1. The van der Waals surface area contributed by atoms with Gasteiger partial charge in [0.25, 0.3) is 0 Å². The fraction of sp³-hybridized carbons (Fsp3) is 0.395. The Balaban J connectivity index is 1.55. The molecule has 5 rings (SSSR count). The molecule has 1 amide bonds. The lowest BCUT2D eigenvalue weighted by atomic mass is 9.81. The van der Waals surface area contributed by atoms with E-state index in [0.717, 1.165) is 84.6 Å². The summed E-state index contributed by atoms with van der Waals surface area (Å²) < 4.78 is 40.6. The van der Waals surface area contributed by atoms with Gasteiger partial charge >= 0.3 is 0 Å². The standard InChI is InChI=1S/C43H53N3O7S2/c1-7-16-32(2)46(31-47)41-33(23-25-39-42(3,4)35-17-8-10-19-37(35)44(39)27-12-14-29-54-53-52-48)21-22-34(41)24-26-40-43(5,6)36-18-9-11-20-38(36)45(40)28-13-15-30-55(49,50)51/h7-11,16-20,23-26,31H,2,12-15,21-22,27-30H2,1,3-6H3,(H-,48,49,50,51)/p-1/b16-7-. The molecule has 0 spiro atoms. The summed E-state index contributed by atoms with van der Waals surface area (Å²) in [6.07, 6.45) is 17.1. The van der Waals surface area contributed by atoms with Crippen LogP contribution in [0.5, 0.6) is 0 Å². The van der Waals surface area contributed by atoms with Crippen LogP contribution >= 0.6 is 12.0 Å². The molecule has 10 nitrogen and oxygen atoms in total. The summed E-state index contributed by atoms with van der Waals surface area (Å²) in [6.45, 7) is 16.3. The Labute approximate surface area is 330 Å². The lowest BCUT2D eigenvalue weighted by Crippen LogP contribution is -2.28. The van der Waals surface area contributed by atoms with Crippen molar-refractivity contribution in [2.45, 2.75) is 84.0 Å². The number of anilines is 1. The maximum absolute atomic E-state index is 12.9. The first-order valence-electron chi connectivity index (χ1n) is 18.8. The van der Waals surface area contributed by atoms with Crippen LogP contribution in [0.2, 0.25) is 0 Å². The zero-order valence-corrected chi connectivity index (χ0v) is 34.1. The Morgan fingerprint density at radius 3 is 2.42 bits per heavy atom. The molecule has 0 radical (unpaired) electrons. The Kier molecular flexibility index (Phi) is 14.0. The van der Waals surface area contributed by atoms with Crippen LogP contribution in [0, 0.1) is 0 Å². The van der Waals surface area contributed by atoms with Crippen molar-refractivity contribution in [2.24, 2.45) is 0 Å². The van der Waals surface area contributed by atoms with Crippen LogP contribution in [0.1, 0.15) is 84.3 Å². The van der Waals surface area contributed by atoms with E-state index in [1.807, 2.05) is 31.2 Å². The highest BCUT2D eigenvalue weighted by atomic mass is 32.2. The summed E-state index contributed by atoms with van der Waals surface area (Å²) >= 11 is 1.01. The molecule has 0 bridgehead atoms. The van der Waals surface area contributed by atoms with Gasteiger partial charge in [0.1, 0.15) is 6.54 Å². The molecule has 0 aromatic heterocycles. The molecule has 3 aliphatic rings. The average molecular weight is 787 g/mol. The number of para-hydroxylation sites is 2. The molecule has 0 saturated heterocycles. The second-order valence-corrected chi connectivity index (χ2v) is 17.3. The fourth-order valence-corrected chi connectivity index (χ4v) is 9.03. The first-order chi connectivity index (χ1) is 26.3. The van der Waals surface area contributed by atoms with Gasteiger partial charge < -0.3 is 14.7 Å². The minimum atomic E-state index is -4.28. The van der Waals surface area contributed by atoms with Gasteiger partial charge in [-0.3, -0.25) is 14.7 Å². The summed E-state index contributed by atoms with van der Waals surface area (Å²) in [5.41, 5.74) is 9.65. The van der Waals surface area contributed by atoms with E-state index < -0.39 is 10.1 Å². The molecular formula is C43H52N3O7S2-. The van der Waals surface area contributed by atoms with Crippen molar-refractivity contribution in [3.05, 3.63) is 131 Å². The first-order valence-corrected chi connectivity index (χ1v) is 21.3. The van der Waals surface area contributed by atoms with Crippen molar-refractivity contribution in [3.8, 4) is 0 Å². The number of amides is 1. The number of benzene rings is 2. The van der Waals surface area contributed by atoms with Crippen LogP contribution in [0.25, 0.3) is 0 Å². The number of fused-ring (bicyclic) bond motifs is 2. The third kappa shape index (κ3) is 9.50. The average Bonchev–Trinajstić information content (AvgIpc) is 3.71. The Hall–Kier alpha value is -4.04. The highest BCUT2D eigenvalue weighted by molar-refractivity contribution is 7.94. The van der Waals surface area contributed by atoms with Gasteiger partial charge in [-0.05, 0) is 87.8 Å². The van der Waals surface area contributed by atoms with Crippen molar-refractivity contribution in [2.75, 3.05) is 29.5 Å². The monoisotopic (exact) mass is 786 g/mol. The zero-order chi connectivity index (χ0) is 39.8. The molecule has 0 atom stereocenters. The van der Waals surface area contributed by atoms with Gasteiger partial charge in [0.2, 0.25) is 12.1 Å². The van der Waals surface area contributed by atoms with Crippen molar-refractivity contribution in [1.82, 2.24) is 4.90 Å². The molecule has 12 heteroatoms. The number of hydrogen-bond donors (Lipinski definition) is 0. The molecule has 0 unspecified atom stereocenters. The Morgan fingerprint density at radius 1 is 0.982 bits per heavy atom. The van der Waals surface area contributed by atoms with Gasteiger partial charge in [-0.1, -0.05) is 75.1 Å². The van der Waals surface area contributed by atoms with Crippen molar-refractivity contribution >= 4 is 45.7 Å². The van der Waals surface area contributed by atoms with Crippen LogP contribution in [-0.2, 0) is 35.1 Å². The van der Waals surface area contributed by atoms with Crippen molar-refractivity contribution in [3.63, 3.8) is 0 Å². The van der Waals surface area contributed by atoms with Gasteiger partial charge in [-0.15, -0.1) is 0 Å². The summed E-state index contributed by atoms with van der Waals surface area (Å²) in [5.74, 6) is 0.253. The van der Waals surface area contributed by atoms with E-state index in [2.05, 4.69) is 114 Å².